The predicted octanol–water partition coefficient (Wildman–Crippen LogP) is -0.192. The summed E-state index contributed by atoms with van der Waals surface area (Å²) in [7, 11) is 0. The Hall–Kier alpha value is -0.900. The lowest BCUT2D eigenvalue weighted by molar-refractivity contribution is 0.0815. The van der Waals surface area contributed by atoms with Crippen molar-refractivity contribution in [3.05, 3.63) is 12.1 Å². The van der Waals surface area contributed by atoms with E-state index in [1.165, 1.54) is 0 Å². The van der Waals surface area contributed by atoms with Crippen LogP contribution in [0, 0.1) is 0 Å². The van der Waals surface area contributed by atoms with Crippen LogP contribution < -0.4 is 0 Å². The summed E-state index contributed by atoms with van der Waals surface area (Å²) >= 11 is 0. The molecule has 4 nitrogen and oxygen atoms in total. The molecule has 0 amide bonds. The van der Waals surface area contributed by atoms with Gasteiger partial charge in [-0.25, -0.2) is 0 Å². The molecule has 0 spiro atoms. The van der Waals surface area contributed by atoms with Crippen LogP contribution in [0.5, 0.6) is 0 Å². The summed E-state index contributed by atoms with van der Waals surface area (Å²) in [5.74, 6) is 0.760. The largest absolute Gasteiger partial charge is 0.372 e. The molecule has 0 bridgehead atoms. The first-order chi connectivity index (χ1) is 4.88. The minimum Gasteiger partial charge on any atom is -0.372 e. The molecule has 0 aliphatic carbocycles. The Balaban J connectivity index is 2.45. The van der Waals surface area contributed by atoms with Crippen LogP contribution in [0.2, 0.25) is 0 Å². The average Bonchev–Trinajstić information content (AvgIpc) is 2.34. The van der Waals surface area contributed by atoms with Crippen molar-refractivity contribution in [1.29, 1.82) is 0 Å². The van der Waals surface area contributed by atoms with Gasteiger partial charge in [-0.05, 0) is 0 Å². The molecule has 0 N–H and O–H groups in total. The molecule has 1 aromatic heterocycles. The maximum atomic E-state index is 7.26. The molecule has 1 aromatic rings. The second-order valence-corrected chi connectivity index (χ2v) is 1.92. The summed E-state index contributed by atoms with van der Waals surface area (Å²) in [4.78, 5) is 0. The molecule has 48 valence electrons. The van der Waals surface area contributed by atoms with E-state index in [1.54, 1.807) is 4.57 Å². The lowest BCUT2D eigenvalue weighted by Crippen LogP contribution is -2.15. The van der Waals surface area contributed by atoms with Gasteiger partial charge in [-0.1, -0.05) is 0 Å². The summed E-state index contributed by atoms with van der Waals surface area (Å²) in [5, 5.41) is 7.35. The molecule has 4 heteroatoms. The minimum atomic E-state index is 0.235. The third-order valence-corrected chi connectivity index (χ3v) is 1.33. The fourth-order valence-corrected chi connectivity index (χ4v) is 0.851. The van der Waals surface area contributed by atoms with Crippen LogP contribution in [0.25, 0.3) is 0 Å². The van der Waals surface area contributed by atoms with Crippen molar-refractivity contribution in [2.24, 2.45) is 0 Å². The quantitative estimate of drug-likeness (QED) is 0.483. The molecule has 2 rings (SSSR count). The van der Waals surface area contributed by atoms with Gasteiger partial charge in [0.25, 0.3) is 0 Å². The van der Waals surface area contributed by atoms with Crippen LogP contribution >= 0.6 is 0 Å². The number of hydrogen-bond acceptors (Lipinski definition) is 3. The van der Waals surface area contributed by atoms with E-state index in [9.17, 15) is 0 Å². The first-order valence-corrected chi connectivity index (χ1v) is 2.84. The van der Waals surface area contributed by atoms with Crippen molar-refractivity contribution in [3.8, 4) is 0 Å². The monoisotopic (exact) mass is 126 g/mol. The highest BCUT2D eigenvalue weighted by Crippen LogP contribution is 2.02. The predicted molar refractivity (Wildman–Crippen MR) is 29.7 cm³/mol. The standard InChI is InChI=1S/C5H7N3O/c1-2-9-3-5-7-6-4-8(1)5/h4H,1-3H2/i4D. The Morgan fingerprint density at radius 1 is 1.89 bits per heavy atom. The molecule has 9 heavy (non-hydrogen) atoms. The first-order valence-electron chi connectivity index (χ1n) is 3.34. The number of ether oxygens (including phenoxy) is 1. The molecule has 0 atom stereocenters. The van der Waals surface area contributed by atoms with E-state index in [-0.39, 0.29) is 6.30 Å². The maximum absolute atomic E-state index is 7.26. The van der Waals surface area contributed by atoms with Crippen LogP contribution in [-0.4, -0.2) is 21.4 Å². The highest BCUT2D eigenvalue weighted by Gasteiger charge is 2.08. The highest BCUT2D eigenvalue weighted by molar-refractivity contribution is 4.84. The Morgan fingerprint density at radius 2 is 2.89 bits per heavy atom. The van der Waals surface area contributed by atoms with Crippen LogP contribution in [0.15, 0.2) is 6.30 Å². The minimum absolute atomic E-state index is 0.235. The Labute approximate surface area is 53.9 Å². The zero-order valence-corrected chi connectivity index (χ0v) is 4.87. The lowest BCUT2D eigenvalue weighted by atomic mass is 10.5. The van der Waals surface area contributed by atoms with E-state index in [0.717, 1.165) is 5.82 Å². The van der Waals surface area contributed by atoms with E-state index in [0.29, 0.717) is 19.8 Å². The van der Waals surface area contributed by atoms with E-state index < -0.39 is 0 Å². The molecular weight excluding hydrogens is 118 g/mol. The molecule has 0 unspecified atom stereocenters. The normalized spacial score (nSPS) is 18.9. The van der Waals surface area contributed by atoms with Crippen molar-refractivity contribution < 1.29 is 6.11 Å². The van der Waals surface area contributed by atoms with Gasteiger partial charge in [-0.15, -0.1) is 10.2 Å². The van der Waals surface area contributed by atoms with E-state index in [2.05, 4.69) is 10.2 Å². The van der Waals surface area contributed by atoms with Crippen LogP contribution in [0.3, 0.4) is 0 Å². The molecule has 0 radical (unpaired) electrons. The van der Waals surface area contributed by atoms with Gasteiger partial charge >= 0.3 is 0 Å². The van der Waals surface area contributed by atoms with Crippen LogP contribution in [0.1, 0.15) is 7.20 Å². The maximum Gasteiger partial charge on any atom is 0.158 e. The third-order valence-electron chi connectivity index (χ3n) is 1.33. The Bertz CT molecular complexity index is 247. The zero-order valence-electron chi connectivity index (χ0n) is 5.87. The third kappa shape index (κ3) is 0.712. The van der Waals surface area contributed by atoms with Gasteiger partial charge in [0.05, 0.1) is 6.61 Å². The summed E-state index contributed by atoms with van der Waals surface area (Å²) in [6.07, 6.45) is 0.235. The zero-order chi connectivity index (χ0) is 6.97. The topological polar surface area (TPSA) is 39.9 Å². The molecule has 0 fully saturated rings. The van der Waals surface area contributed by atoms with Gasteiger partial charge in [-0.3, -0.25) is 0 Å². The first kappa shape index (κ1) is 4.00. The van der Waals surface area contributed by atoms with E-state index in [1.807, 2.05) is 0 Å². The number of hydrogen-bond donors (Lipinski definition) is 0. The van der Waals surface area contributed by atoms with Crippen LogP contribution in [0.4, 0.5) is 0 Å². The second-order valence-electron chi connectivity index (χ2n) is 1.92. The summed E-state index contributed by atoms with van der Waals surface area (Å²) < 4.78 is 14.1. The SMILES string of the molecule is [2H]c1nnc2n1CCOC2. The highest BCUT2D eigenvalue weighted by atomic mass is 16.5. The molecular formula is C5H7N3O. The molecule has 0 saturated carbocycles. The van der Waals surface area contributed by atoms with E-state index >= 15 is 0 Å². The van der Waals surface area contributed by atoms with Gasteiger partial charge in [0.15, 0.2) is 5.82 Å². The average molecular weight is 126 g/mol. The molecule has 1 aliphatic rings. The summed E-state index contributed by atoms with van der Waals surface area (Å²) in [6, 6.07) is 0. The molecule has 2 heterocycles. The van der Waals surface area contributed by atoms with Gasteiger partial charge in [0, 0.05) is 6.54 Å². The van der Waals surface area contributed by atoms with Crippen molar-refractivity contribution in [1.82, 2.24) is 14.8 Å². The van der Waals surface area contributed by atoms with Gasteiger partial charge in [0.1, 0.15) is 14.3 Å². The molecule has 0 saturated heterocycles. The Kier molecular flexibility index (Phi) is 0.803. The van der Waals surface area contributed by atoms with Gasteiger partial charge < -0.3 is 9.30 Å². The van der Waals surface area contributed by atoms with Crippen molar-refractivity contribution in [2.75, 3.05) is 6.61 Å². The number of fused-ring (bicyclic) bond motifs is 1. The lowest BCUT2D eigenvalue weighted by Gasteiger charge is -2.11. The second kappa shape index (κ2) is 1.80. The Morgan fingerprint density at radius 3 is 3.78 bits per heavy atom. The van der Waals surface area contributed by atoms with Crippen molar-refractivity contribution in [3.63, 3.8) is 0 Å². The van der Waals surface area contributed by atoms with Crippen LogP contribution in [-0.2, 0) is 17.9 Å². The van der Waals surface area contributed by atoms with E-state index in [4.69, 9.17) is 6.11 Å². The number of aromatic nitrogens is 3. The fourth-order valence-electron chi connectivity index (χ4n) is 0.851. The summed E-state index contributed by atoms with van der Waals surface area (Å²) in [6.45, 7) is 1.87. The summed E-state index contributed by atoms with van der Waals surface area (Å²) in [5.41, 5.74) is 0. The molecule has 0 aromatic carbocycles. The van der Waals surface area contributed by atoms with Gasteiger partial charge in [0.2, 0.25) is 0 Å². The smallest absolute Gasteiger partial charge is 0.158 e. The fraction of sp³-hybridized carbons (Fsp3) is 0.600. The number of nitrogens with zero attached hydrogens (tertiary/aromatic N) is 3. The van der Waals surface area contributed by atoms with Gasteiger partial charge in [-0.2, -0.15) is 0 Å². The molecule has 1 aliphatic heterocycles. The van der Waals surface area contributed by atoms with Crippen molar-refractivity contribution >= 4 is 0 Å². The number of rotatable bonds is 0. The van der Waals surface area contributed by atoms with Crippen molar-refractivity contribution in [2.45, 2.75) is 13.2 Å².